The average molecular weight is 239 g/mol. The van der Waals surface area contributed by atoms with E-state index >= 15 is 0 Å². The second kappa shape index (κ2) is 4.09. The number of hydrogen-bond donors (Lipinski definition) is 1. The molecule has 2 aromatic rings. The summed E-state index contributed by atoms with van der Waals surface area (Å²) < 4.78 is 0. The second-order valence-electron chi connectivity index (χ2n) is 3.04. The number of nitrogens with two attached hydrogens (primary N) is 1. The number of benzene rings is 1. The second-order valence-corrected chi connectivity index (χ2v) is 3.81. The van der Waals surface area contributed by atoms with E-state index in [4.69, 9.17) is 28.9 Å². The van der Waals surface area contributed by atoms with Crippen molar-refractivity contribution in [2.75, 3.05) is 5.73 Å². The molecular formula is C11H8Cl2N2. The van der Waals surface area contributed by atoms with Crippen molar-refractivity contribution in [3.63, 3.8) is 0 Å². The number of pyridine rings is 1. The van der Waals surface area contributed by atoms with Crippen molar-refractivity contribution < 1.29 is 0 Å². The summed E-state index contributed by atoms with van der Waals surface area (Å²) in [6.45, 7) is 0. The fourth-order valence-electron chi connectivity index (χ4n) is 1.36. The SMILES string of the molecule is Nc1c(-c2ccccc2Cl)ccnc1Cl. The van der Waals surface area contributed by atoms with Gasteiger partial charge in [0.1, 0.15) is 0 Å². The summed E-state index contributed by atoms with van der Waals surface area (Å²) in [4.78, 5) is 3.89. The number of anilines is 1. The Morgan fingerprint density at radius 3 is 2.47 bits per heavy atom. The highest BCUT2D eigenvalue weighted by atomic mass is 35.5. The minimum atomic E-state index is 0.299. The van der Waals surface area contributed by atoms with E-state index < -0.39 is 0 Å². The third kappa shape index (κ3) is 1.91. The molecule has 2 nitrogen and oxygen atoms in total. The van der Waals surface area contributed by atoms with Gasteiger partial charge in [-0.2, -0.15) is 0 Å². The topological polar surface area (TPSA) is 38.9 Å². The van der Waals surface area contributed by atoms with E-state index in [0.717, 1.165) is 11.1 Å². The van der Waals surface area contributed by atoms with Gasteiger partial charge < -0.3 is 5.73 Å². The van der Waals surface area contributed by atoms with Gasteiger partial charge in [0.25, 0.3) is 0 Å². The summed E-state index contributed by atoms with van der Waals surface area (Å²) >= 11 is 11.9. The molecular weight excluding hydrogens is 231 g/mol. The fourth-order valence-corrected chi connectivity index (χ4v) is 1.76. The van der Waals surface area contributed by atoms with Gasteiger partial charge in [-0.3, -0.25) is 0 Å². The predicted molar refractivity (Wildman–Crippen MR) is 64.1 cm³/mol. The van der Waals surface area contributed by atoms with E-state index in [1.807, 2.05) is 24.3 Å². The van der Waals surface area contributed by atoms with Crippen molar-refractivity contribution in [1.29, 1.82) is 0 Å². The lowest BCUT2D eigenvalue weighted by atomic mass is 10.1. The van der Waals surface area contributed by atoms with Gasteiger partial charge >= 0.3 is 0 Å². The van der Waals surface area contributed by atoms with Crippen molar-refractivity contribution in [3.05, 3.63) is 46.7 Å². The number of aromatic nitrogens is 1. The van der Waals surface area contributed by atoms with Crippen LogP contribution in [0.2, 0.25) is 10.2 Å². The molecule has 1 aromatic heterocycles. The van der Waals surface area contributed by atoms with Gasteiger partial charge in [-0.1, -0.05) is 41.4 Å². The Balaban J connectivity index is 2.65. The van der Waals surface area contributed by atoms with E-state index in [1.165, 1.54) is 0 Å². The fraction of sp³-hybridized carbons (Fsp3) is 0. The molecule has 0 saturated heterocycles. The first kappa shape index (κ1) is 10.3. The van der Waals surface area contributed by atoms with Crippen LogP contribution in [0, 0.1) is 0 Å². The molecule has 0 radical (unpaired) electrons. The quantitative estimate of drug-likeness (QED) is 0.771. The number of halogens is 2. The summed E-state index contributed by atoms with van der Waals surface area (Å²) in [7, 11) is 0. The van der Waals surface area contributed by atoms with Crippen LogP contribution in [-0.2, 0) is 0 Å². The Morgan fingerprint density at radius 2 is 1.73 bits per heavy atom. The third-order valence-electron chi connectivity index (χ3n) is 2.11. The summed E-state index contributed by atoms with van der Waals surface area (Å²) in [6, 6.07) is 9.26. The van der Waals surface area contributed by atoms with Gasteiger partial charge in [-0.05, 0) is 12.1 Å². The number of nitrogen functional groups attached to an aromatic ring is 1. The Bertz CT molecular complexity index is 498. The summed E-state index contributed by atoms with van der Waals surface area (Å²) in [5, 5.41) is 0.943. The zero-order chi connectivity index (χ0) is 10.8. The standard InChI is InChI=1S/C11H8Cl2N2/c12-9-4-2-1-3-7(9)8-5-6-15-11(13)10(8)14/h1-6H,14H2. The van der Waals surface area contributed by atoms with Crippen molar-refractivity contribution in [2.24, 2.45) is 0 Å². The van der Waals surface area contributed by atoms with Crippen LogP contribution in [0.5, 0.6) is 0 Å². The molecule has 1 heterocycles. The van der Waals surface area contributed by atoms with Gasteiger partial charge in [0.05, 0.1) is 5.69 Å². The van der Waals surface area contributed by atoms with Crippen LogP contribution in [-0.4, -0.2) is 4.98 Å². The van der Waals surface area contributed by atoms with E-state index in [0.29, 0.717) is 15.9 Å². The minimum absolute atomic E-state index is 0.299. The van der Waals surface area contributed by atoms with Gasteiger partial charge in [-0.25, -0.2) is 4.98 Å². The molecule has 4 heteroatoms. The monoisotopic (exact) mass is 238 g/mol. The molecule has 0 bridgehead atoms. The normalized spacial score (nSPS) is 10.3. The van der Waals surface area contributed by atoms with Crippen LogP contribution in [0.1, 0.15) is 0 Å². The molecule has 0 saturated carbocycles. The van der Waals surface area contributed by atoms with Crippen molar-refractivity contribution in [3.8, 4) is 11.1 Å². The Labute approximate surface area is 97.7 Å². The van der Waals surface area contributed by atoms with E-state index in [2.05, 4.69) is 4.98 Å². The molecule has 2 N–H and O–H groups in total. The van der Waals surface area contributed by atoms with Crippen molar-refractivity contribution in [2.45, 2.75) is 0 Å². The molecule has 0 aliphatic heterocycles. The van der Waals surface area contributed by atoms with Crippen LogP contribution in [0.25, 0.3) is 11.1 Å². The molecule has 0 amide bonds. The lowest BCUT2D eigenvalue weighted by molar-refractivity contribution is 1.33. The highest BCUT2D eigenvalue weighted by molar-refractivity contribution is 6.34. The van der Waals surface area contributed by atoms with Gasteiger partial charge in [-0.15, -0.1) is 0 Å². The zero-order valence-corrected chi connectivity index (χ0v) is 9.26. The van der Waals surface area contributed by atoms with Crippen LogP contribution in [0.15, 0.2) is 36.5 Å². The summed E-state index contributed by atoms with van der Waals surface area (Å²) in [5.41, 5.74) is 7.95. The first-order valence-electron chi connectivity index (χ1n) is 4.35. The first-order chi connectivity index (χ1) is 7.20. The van der Waals surface area contributed by atoms with Gasteiger partial charge in [0.15, 0.2) is 5.15 Å². The molecule has 0 spiro atoms. The maximum Gasteiger partial charge on any atom is 0.152 e. The van der Waals surface area contributed by atoms with Crippen molar-refractivity contribution >= 4 is 28.9 Å². The highest BCUT2D eigenvalue weighted by Crippen LogP contribution is 2.33. The minimum Gasteiger partial charge on any atom is -0.396 e. The molecule has 76 valence electrons. The molecule has 0 fully saturated rings. The van der Waals surface area contributed by atoms with Crippen LogP contribution < -0.4 is 5.73 Å². The molecule has 1 aromatic carbocycles. The van der Waals surface area contributed by atoms with E-state index in [1.54, 1.807) is 12.3 Å². The zero-order valence-electron chi connectivity index (χ0n) is 7.74. The van der Waals surface area contributed by atoms with Crippen molar-refractivity contribution in [1.82, 2.24) is 4.98 Å². The largest absolute Gasteiger partial charge is 0.396 e. The average Bonchev–Trinajstić information content (AvgIpc) is 2.23. The van der Waals surface area contributed by atoms with Gasteiger partial charge in [0, 0.05) is 22.3 Å². The van der Waals surface area contributed by atoms with E-state index in [-0.39, 0.29) is 0 Å². The maximum atomic E-state index is 6.06. The Hall–Kier alpha value is -1.25. The first-order valence-corrected chi connectivity index (χ1v) is 5.10. The van der Waals surface area contributed by atoms with Crippen LogP contribution >= 0.6 is 23.2 Å². The highest BCUT2D eigenvalue weighted by Gasteiger charge is 2.08. The smallest absolute Gasteiger partial charge is 0.152 e. The number of hydrogen-bond acceptors (Lipinski definition) is 2. The molecule has 2 rings (SSSR count). The van der Waals surface area contributed by atoms with Crippen LogP contribution in [0.4, 0.5) is 5.69 Å². The molecule has 0 atom stereocenters. The summed E-state index contributed by atoms with van der Waals surface area (Å²) in [5.74, 6) is 0. The molecule has 0 unspecified atom stereocenters. The Morgan fingerprint density at radius 1 is 1.00 bits per heavy atom. The molecule has 0 aliphatic rings. The molecule has 0 aliphatic carbocycles. The lowest BCUT2D eigenvalue weighted by Gasteiger charge is -2.07. The maximum absolute atomic E-state index is 6.06. The third-order valence-corrected chi connectivity index (χ3v) is 2.74. The summed E-state index contributed by atoms with van der Waals surface area (Å²) in [6.07, 6.45) is 1.61. The Kier molecular flexibility index (Phi) is 2.80. The molecule has 15 heavy (non-hydrogen) atoms. The predicted octanol–water partition coefficient (Wildman–Crippen LogP) is 3.64. The number of nitrogens with zero attached hydrogens (tertiary/aromatic N) is 1. The number of rotatable bonds is 1. The van der Waals surface area contributed by atoms with E-state index in [9.17, 15) is 0 Å². The van der Waals surface area contributed by atoms with Gasteiger partial charge in [0.2, 0.25) is 0 Å². The lowest BCUT2D eigenvalue weighted by Crippen LogP contribution is -1.93. The van der Waals surface area contributed by atoms with Crippen LogP contribution in [0.3, 0.4) is 0 Å².